The fourth-order valence-electron chi connectivity index (χ4n) is 8.16. The molecule has 0 amide bonds. The Hall–Kier alpha value is -1.72. The second kappa shape index (κ2) is 8.44. The molecule has 0 aromatic heterocycles. The lowest BCUT2D eigenvalue weighted by atomic mass is 9.46. The maximum absolute atomic E-state index is 12.9. The van der Waals surface area contributed by atoms with E-state index < -0.39 is 10.1 Å². The third-order valence-electron chi connectivity index (χ3n) is 10.3. The predicted molar refractivity (Wildman–Crippen MR) is 134 cm³/mol. The van der Waals surface area contributed by atoms with Crippen LogP contribution in [0.4, 0.5) is 0 Å². The van der Waals surface area contributed by atoms with E-state index in [1.165, 1.54) is 25.7 Å². The molecule has 0 spiro atoms. The van der Waals surface area contributed by atoms with Crippen LogP contribution < -0.4 is 0 Å². The molecule has 4 nitrogen and oxygen atoms in total. The zero-order valence-electron chi connectivity index (χ0n) is 20.9. The summed E-state index contributed by atoms with van der Waals surface area (Å²) in [4.78, 5) is 12.8. The van der Waals surface area contributed by atoms with Gasteiger partial charge in [-0.25, -0.2) is 0 Å². The van der Waals surface area contributed by atoms with Gasteiger partial charge >= 0.3 is 0 Å². The van der Waals surface area contributed by atoms with Gasteiger partial charge in [0, 0.05) is 17.8 Å². The SMILES string of the molecule is CC[C@H]1CC[C@H]2[C@@H]3C=CC4=CC(=O)CC(COS(=O)(=O)c5ccc(C)cc5)[C@]4(C)[C@H]3CC[C@]12C. The lowest BCUT2D eigenvalue weighted by molar-refractivity contribution is -0.119. The number of carbonyl (C=O) groups excluding carboxylic acids is 1. The molecule has 2 fully saturated rings. The minimum atomic E-state index is -3.87. The number of carbonyl (C=O) groups is 1. The largest absolute Gasteiger partial charge is 0.296 e. The molecule has 0 bridgehead atoms. The third-order valence-corrected chi connectivity index (χ3v) is 11.6. The van der Waals surface area contributed by atoms with E-state index in [1.54, 1.807) is 24.3 Å². The zero-order chi connectivity index (χ0) is 24.3. The van der Waals surface area contributed by atoms with Crippen molar-refractivity contribution in [3.8, 4) is 0 Å². The summed E-state index contributed by atoms with van der Waals surface area (Å²) in [5, 5.41) is 0. The first-order valence-electron chi connectivity index (χ1n) is 13.0. The van der Waals surface area contributed by atoms with Crippen LogP contribution in [0.3, 0.4) is 0 Å². The molecule has 34 heavy (non-hydrogen) atoms. The molecular weight excluding hydrogens is 444 g/mol. The molecule has 5 rings (SSSR count). The number of benzene rings is 1. The third kappa shape index (κ3) is 3.65. The van der Waals surface area contributed by atoms with E-state index >= 15 is 0 Å². The van der Waals surface area contributed by atoms with E-state index in [4.69, 9.17) is 4.18 Å². The van der Waals surface area contributed by atoms with Crippen molar-refractivity contribution in [2.24, 2.45) is 40.4 Å². The molecule has 1 aromatic carbocycles. The summed E-state index contributed by atoms with van der Waals surface area (Å²) < 4.78 is 31.5. The molecule has 0 heterocycles. The maximum Gasteiger partial charge on any atom is 0.296 e. The van der Waals surface area contributed by atoms with Gasteiger partial charge in [-0.1, -0.05) is 57.0 Å². The molecule has 2 saturated carbocycles. The van der Waals surface area contributed by atoms with Crippen molar-refractivity contribution in [1.82, 2.24) is 0 Å². The normalized spacial score (nSPS) is 39.2. The number of aryl methyl sites for hydroxylation is 1. The highest BCUT2D eigenvalue weighted by Gasteiger charge is 2.59. The monoisotopic (exact) mass is 482 g/mol. The summed E-state index contributed by atoms with van der Waals surface area (Å²) in [6, 6.07) is 6.75. The molecule has 4 aliphatic rings. The van der Waals surface area contributed by atoms with Crippen molar-refractivity contribution in [3.63, 3.8) is 0 Å². The van der Waals surface area contributed by atoms with E-state index in [0.29, 0.717) is 29.6 Å². The first-order valence-corrected chi connectivity index (χ1v) is 14.4. The second-order valence-corrected chi connectivity index (χ2v) is 13.3. The van der Waals surface area contributed by atoms with Gasteiger partial charge in [-0.2, -0.15) is 8.42 Å². The smallest absolute Gasteiger partial charge is 0.295 e. The molecule has 4 aliphatic carbocycles. The fourth-order valence-corrected chi connectivity index (χ4v) is 9.11. The lowest BCUT2D eigenvalue weighted by Gasteiger charge is -2.58. The van der Waals surface area contributed by atoms with Crippen molar-refractivity contribution in [2.45, 2.75) is 71.1 Å². The maximum atomic E-state index is 12.9. The molecule has 1 unspecified atom stereocenters. The Morgan fingerprint density at radius 2 is 1.76 bits per heavy atom. The van der Waals surface area contributed by atoms with Gasteiger partial charge in [0.05, 0.1) is 11.5 Å². The number of hydrogen-bond acceptors (Lipinski definition) is 4. The summed E-state index contributed by atoms with van der Waals surface area (Å²) in [5.41, 5.74) is 2.21. The van der Waals surface area contributed by atoms with E-state index in [9.17, 15) is 13.2 Å². The van der Waals surface area contributed by atoms with Crippen LogP contribution in [-0.4, -0.2) is 20.8 Å². The van der Waals surface area contributed by atoms with Crippen LogP contribution >= 0.6 is 0 Å². The predicted octanol–water partition coefficient (Wildman–Crippen LogP) is 6.26. The van der Waals surface area contributed by atoms with Gasteiger partial charge in [0.1, 0.15) is 0 Å². The van der Waals surface area contributed by atoms with Crippen LogP contribution in [0.2, 0.25) is 0 Å². The van der Waals surface area contributed by atoms with Crippen LogP contribution in [-0.2, 0) is 19.1 Å². The van der Waals surface area contributed by atoms with Gasteiger partial charge in [-0.15, -0.1) is 0 Å². The number of fused-ring (bicyclic) bond motifs is 5. The molecule has 5 heteroatoms. The minimum absolute atomic E-state index is 0.0480. The van der Waals surface area contributed by atoms with E-state index in [2.05, 4.69) is 32.9 Å². The molecule has 0 N–H and O–H groups in total. The zero-order valence-corrected chi connectivity index (χ0v) is 21.7. The number of ketones is 1. The van der Waals surface area contributed by atoms with Crippen molar-refractivity contribution in [3.05, 3.63) is 53.6 Å². The number of hydrogen-bond donors (Lipinski definition) is 0. The Morgan fingerprint density at radius 1 is 1.03 bits per heavy atom. The van der Waals surface area contributed by atoms with E-state index in [0.717, 1.165) is 23.5 Å². The van der Waals surface area contributed by atoms with Crippen molar-refractivity contribution in [1.29, 1.82) is 0 Å². The van der Waals surface area contributed by atoms with Gasteiger partial charge < -0.3 is 0 Å². The highest BCUT2D eigenvalue weighted by molar-refractivity contribution is 7.86. The Balaban J connectivity index is 1.43. The van der Waals surface area contributed by atoms with E-state index in [1.807, 2.05) is 13.0 Å². The van der Waals surface area contributed by atoms with Crippen LogP contribution in [0.25, 0.3) is 0 Å². The standard InChI is InChI=1S/C29H38O4S/c1-5-20-9-13-26-25-12-8-21-16-23(30)17-22(29(21,4)27(25)14-15-28(20,26)3)18-33-34(31,32)24-10-6-19(2)7-11-24/h6-8,10-12,16,20,22,25-27H,5,9,13-15,17-18H2,1-4H3/t20-,22?,25-,26-,27-,28+,29+/m0/s1. The quantitative estimate of drug-likeness (QED) is 0.465. The topological polar surface area (TPSA) is 60.4 Å². The van der Waals surface area contributed by atoms with Crippen molar-refractivity contribution in [2.75, 3.05) is 6.61 Å². The van der Waals surface area contributed by atoms with Crippen LogP contribution in [0.5, 0.6) is 0 Å². The molecule has 7 atom stereocenters. The molecule has 0 radical (unpaired) electrons. The van der Waals surface area contributed by atoms with Gasteiger partial charge in [0.15, 0.2) is 5.78 Å². The summed E-state index contributed by atoms with van der Waals surface area (Å²) in [7, 11) is -3.87. The summed E-state index contributed by atoms with van der Waals surface area (Å²) >= 11 is 0. The Labute approximate surface area is 205 Å². The molecule has 0 saturated heterocycles. The van der Waals surface area contributed by atoms with E-state index in [-0.39, 0.29) is 28.6 Å². The molecule has 184 valence electrons. The number of allylic oxidation sites excluding steroid dienone is 4. The van der Waals surface area contributed by atoms with Crippen molar-refractivity contribution < 1.29 is 17.4 Å². The Bertz CT molecular complexity index is 1130. The second-order valence-electron chi connectivity index (χ2n) is 11.7. The minimum Gasteiger partial charge on any atom is -0.295 e. The first-order chi connectivity index (χ1) is 16.1. The van der Waals surface area contributed by atoms with Gasteiger partial charge in [-0.3, -0.25) is 8.98 Å². The van der Waals surface area contributed by atoms with Gasteiger partial charge in [-0.05, 0) is 85.5 Å². The van der Waals surface area contributed by atoms with Gasteiger partial charge in [0.2, 0.25) is 0 Å². The first kappa shape index (κ1) is 24.0. The summed E-state index contributed by atoms with van der Waals surface area (Å²) in [6.07, 6.45) is 12.9. The Kier molecular flexibility index (Phi) is 5.96. The number of rotatable bonds is 5. The highest BCUT2D eigenvalue weighted by atomic mass is 32.2. The Morgan fingerprint density at radius 3 is 2.47 bits per heavy atom. The average Bonchev–Trinajstić information content (AvgIpc) is 3.14. The van der Waals surface area contributed by atoms with Crippen molar-refractivity contribution >= 4 is 15.9 Å². The molecule has 1 aromatic rings. The molecule has 0 aliphatic heterocycles. The lowest BCUT2D eigenvalue weighted by Crippen LogP contribution is -2.52. The van der Waals surface area contributed by atoms with Gasteiger partial charge in [0.25, 0.3) is 10.1 Å². The summed E-state index contributed by atoms with van der Waals surface area (Å²) in [6.45, 7) is 9.09. The fraction of sp³-hybridized carbons (Fsp3) is 0.621. The molecular formula is C29H38O4S. The van der Waals surface area contributed by atoms with Crippen LogP contribution in [0.15, 0.2) is 53.0 Å². The van der Waals surface area contributed by atoms with Crippen LogP contribution in [0.1, 0.15) is 64.9 Å². The van der Waals surface area contributed by atoms with Crippen LogP contribution in [0, 0.1) is 47.3 Å². The summed E-state index contributed by atoms with van der Waals surface area (Å²) in [5.74, 6) is 2.29. The highest BCUT2D eigenvalue weighted by Crippen LogP contribution is 2.66. The average molecular weight is 483 g/mol.